The van der Waals surface area contributed by atoms with Crippen molar-refractivity contribution in [2.45, 2.75) is 46.2 Å². The maximum absolute atomic E-state index is 11.7. The highest BCUT2D eigenvalue weighted by atomic mass is 16.6. The Balaban J connectivity index is 2.61. The summed E-state index contributed by atoms with van der Waals surface area (Å²) in [7, 11) is 0. The van der Waals surface area contributed by atoms with Crippen LogP contribution in [0.2, 0.25) is 0 Å². The lowest BCUT2D eigenvalue weighted by molar-refractivity contribution is -0.386. The molecule has 0 unspecified atom stereocenters. The van der Waals surface area contributed by atoms with E-state index in [0.717, 1.165) is 0 Å². The molecule has 3 N–H and O–H groups in total. The van der Waals surface area contributed by atoms with Crippen LogP contribution in [0.5, 0.6) is 0 Å². The molecule has 0 atom stereocenters. The van der Waals surface area contributed by atoms with Crippen LogP contribution in [0, 0.1) is 24.0 Å². The highest BCUT2D eigenvalue weighted by Crippen LogP contribution is 2.21. The van der Waals surface area contributed by atoms with E-state index in [4.69, 9.17) is 5.73 Å². The number of carbonyl (C=O) groups is 1. The SMILES string of the molecule is Cc1nn(CCC(=O)NCC(C)(C)N)c(C)c1[N+](=O)[O-]. The number of nitro groups is 1. The van der Waals surface area contributed by atoms with Crippen molar-refractivity contribution in [1.82, 2.24) is 15.1 Å². The number of carbonyl (C=O) groups excluding carboxylic acids is 1. The number of aryl methyl sites for hydroxylation is 2. The molecule has 1 heterocycles. The fourth-order valence-corrected chi connectivity index (χ4v) is 1.79. The number of rotatable bonds is 6. The second-order valence-electron chi connectivity index (χ2n) is 5.51. The average molecular weight is 283 g/mol. The van der Waals surface area contributed by atoms with Crippen LogP contribution in [0.1, 0.15) is 31.7 Å². The standard InChI is InChI=1S/C12H21N5O3/c1-8-11(17(19)20)9(2)16(15-8)6-5-10(18)14-7-12(3,4)13/h5-7,13H2,1-4H3,(H,14,18). The maximum Gasteiger partial charge on any atom is 0.312 e. The second-order valence-corrected chi connectivity index (χ2v) is 5.51. The minimum Gasteiger partial charge on any atom is -0.354 e. The largest absolute Gasteiger partial charge is 0.354 e. The summed E-state index contributed by atoms with van der Waals surface area (Å²) in [6.07, 6.45) is 0.204. The molecular weight excluding hydrogens is 262 g/mol. The third-order valence-corrected chi connectivity index (χ3v) is 2.82. The second kappa shape index (κ2) is 6.00. The molecule has 0 saturated heterocycles. The summed E-state index contributed by atoms with van der Waals surface area (Å²) in [6, 6.07) is 0. The Morgan fingerprint density at radius 2 is 2.10 bits per heavy atom. The monoisotopic (exact) mass is 283 g/mol. The summed E-state index contributed by atoms with van der Waals surface area (Å²) in [5.41, 5.74) is 6.12. The van der Waals surface area contributed by atoms with Crippen molar-refractivity contribution in [2.75, 3.05) is 6.54 Å². The van der Waals surface area contributed by atoms with Crippen LogP contribution in [-0.2, 0) is 11.3 Å². The molecule has 0 aliphatic carbocycles. The Morgan fingerprint density at radius 3 is 2.55 bits per heavy atom. The van der Waals surface area contributed by atoms with Crippen molar-refractivity contribution >= 4 is 11.6 Å². The third kappa shape index (κ3) is 4.30. The highest BCUT2D eigenvalue weighted by molar-refractivity contribution is 5.75. The fraction of sp³-hybridized carbons (Fsp3) is 0.667. The molecule has 8 heteroatoms. The quantitative estimate of drug-likeness (QED) is 0.587. The van der Waals surface area contributed by atoms with Gasteiger partial charge in [-0.2, -0.15) is 5.10 Å². The van der Waals surface area contributed by atoms with Gasteiger partial charge in [-0.3, -0.25) is 19.6 Å². The number of nitrogens with zero attached hydrogens (tertiary/aromatic N) is 3. The highest BCUT2D eigenvalue weighted by Gasteiger charge is 2.22. The summed E-state index contributed by atoms with van der Waals surface area (Å²) in [6.45, 7) is 7.52. The molecule has 112 valence electrons. The smallest absolute Gasteiger partial charge is 0.312 e. The van der Waals surface area contributed by atoms with E-state index in [9.17, 15) is 14.9 Å². The molecule has 0 saturated carbocycles. The van der Waals surface area contributed by atoms with E-state index in [0.29, 0.717) is 24.5 Å². The van der Waals surface area contributed by atoms with Crippen molar-refractivity contribution in [3.8, 4) is 0 Å². The van der Waals surface area contributed by atoms with Gasteiger partial charge in [0, 0.05) is 18.5 Å². The lowest BCUT2D eigenvalue weighted by Crippen LogP contribution is -2.45. The summed E-state index contributed by atoms with van der Waals surface area (Å²) in [4.78, 5) is 22.1. The Kier molecular flexibility index (Phi) is 4.83. The topological polar surface area (TPSA) is 116 Å². The van der Waals surface area contributed by atoms with Gasteiger partial charge in [-0.1, -0.05) is 0 Å². The van der Waals surface area contributed by atoms with Crippen molar-refractivity contribution in [3.63, 3.8) is 0 Å². The van der Waals surface area contributed by atoms with Gasteiger partial charge < -0.3 is 11.1 Å². The van der Waals surface area contributed by atoms with Crippen molar-refractivity contribution in [2.24, 2.45) is 5.73 Å². The van der Waals surface area contributed by atoms with Gasteiger partial charge in [-0.05, 0) is 27.7 Å². The molecule has 0 bridgehead atoms. The zero-order valence-electron chi connectivity index (χ0n) is 12.3. The molecule has 0 aliphatic heterocycles. The van der Waals surface area contributed by atoms with E-state index in [1.54, 1.807) is 13.8 Å². The van der Waals surface area contributed by atoms with Gasteiger partial charge in [-0.25, -0.2) is 0 Å². The van der Waals surface area contributed by atoms with E-state index < -0.39 is 10.5 Å². The minimum atomic E-state index is -0.466. The lowest BCUT2D eigenvalue weighted by Gasteiger charge is -2.18. The van der Waals surface area contributed by atoms with Gasteiger partial charge in [0.15, 0.2) is 0 Å². The molecule has 1 aromatic rings. The Bertz CT molecular complexity index is 516. The minimum absolute atomic E-state index is 0.00787. The molecule has 1 rings (SSSR count). The van der Waals surface area contributed by atoms with Crippen molar-refractivity contribution in [1.29, 1.82) is 0 Å². The first-order valence-corrected chi connectivity index (χ1v) is 6.36. The third-order valence-electron chi connectivity index (χ3n) is 2.82. The molecule has 0 spiro atoms. The van der Waals surface area contributed by atoms with E-state index in [1.165, 1.54) is 4.68 Å². The fourth-order valence-electron chi connectivity index (χ4n) is 1.79. The van der Waals surface area contributed by atoms with Crippen LogP contribution in [-0.4, -0.2) is 32.7 Å². The van der Waals surface area contributed by atoms with Gasteiger partial charge in [0.25, 0.3) is 0 Å². The molecule has 0 radical (unpaired) electrons. The molecular formula is C12H21N5O3. The normalized spacial score (nSPS) is 11.4. The molecule has 0 fully saturated rings. The summed E-state index contributed by atoms with van der Waals surface area (Å²) in [5.74, 6) is -0.154. The van der Waals surface area contributed by atoms with E-state index in [2.05, 4.69) is 10.4 Å². The molecule has 1 aromatic heterocycles. The van der Waals surface area contributed by atoms with E-state index in [-0.39, 0.29) is 18.0 Å². The summed E-state index contributed by atoms with van der Waals surface area (Å²) >= 11 is 0. The van der Waals surface area contributed by atoms with Gasteiger partial charge in [0.1, 0.15) is 11.4 Å². The molecule has 1 amide bonds. The predicted molar refractivity (Wildman–Crippen MR) is 74.2 cm³/mol. The van der Waals surface area contributed by atoms with Gasteiger partial charge in [0.2, 0.25) is 5.91 Å². The molecule has 20 heavy (non-hydrogen) atoms. The first-order valence-electron chi connectivity index (χ1n) is 6.36. The Morgan fingerprint density at radius 1 is 1.50 bits per heavy atom. The van der Waals surface area contributed by atoms with Crippen LogP contribution >= 0.6 is 0 Å². The number of aromatic nitrogens is 2. The van der Waals surface area contributed by atoms with Gasteiger partial charge in [0.05, 0.1) is 11.5 Å². The summed E-state index contributed by atoms with van der Waals surface area (Å²) in [5, 5.41) is 17.7. The Labute approximate surface area is 117 Å². The van der Waals surface area contributed by atoms with Gasteiger partial charge in [-0.15, -0.1) is 0 Å². The number of nitrogens with two attached hydrogens (primary N) is 1. The van der Waals surface area contributed by atoms with Crippen LogP contribution in [0.25, 0.3) is 0 Å². The van der Waals surface area contributed by atoms with Crippen LogP contribution < -0.4 is 11.1 Å². The van der Waals surface area contributed by atoms with E-state index in [1.807, 2.05) is 13.8 Å². The molecule has 0 aromatic carbocycles. The number of hydrogen-bond acceptors (Lipinski definition) is 5. The Hall–Kier alpha value is -1.96. The number of hydrogen-bond donors (Lipinski definition) is 2. The maximum atomic E-state index is 11.7. The van der Waals surface area contributed by atoms with Crippen molar-refractivity contribution < 1.29 is 9.72 Å². The van der Waals surface area contributed by atoms with Crippen LogP contribution in [0.4, 0.5) is 5.69 Å². The average Bonchev–Trinajstić information content (AvgIpc) is 2.58. The number of amides is 1. The lowest BCUT2D eigenvalue weighted by atomic mass is 10.1. The van der Waals surface area contributed by atoms with E-state index >= 15 is 0 Å². The molecule has 8 nitrogen and oxygen atoms in total. The van der Waals surface area contributed by atoms with Gasteiger partial charge >= 0.3 is 5.69 Å². The van der Waals surface area contributed by atoms with Crippen LogP contribution in [0.3, 0.4) is 0 Å². The first kappa shape index (κ1) is 16.1. The predicted octanol–water partition coefficient (Wildman–Crippen LogP) is 0.652. The summed E-state index contributed by atoms with van der Waals surface area (Å²) < 4.78 is 1.49. The first-order chi connectivity index (χ1) is 9.11. The number of nitrogens with one attached hydrogen (secondary N) is 1. The zero-order valence-corrected chi connectivity index (χ0v) is 12.3. The molecule has 0 aliphatic rings. The van der Waals surface area contributed by atoms with Crippen LogP contribution in [0.15, 0.2) is 0 Å². The zero-order chi connectivity index (χ0) is 15.5. The van der Waals surface area contributed by atoms with Crippen molar-refractivity contribution in [3.05, 3.63) is 21.5 Å².